The summed E-state index contributed by atoms with van der Waals surface area (Å²) in [7, 11) is -4.75. The molecular weight excluding hydrogens is 435 g/mol. The van der Waals surface area contributed by atoms with Gasteiger partial charge in [-0.3, -0.25) is 9.09 Å². The van der Waals surface area contributed by atoms with Crippen LogP contribution in [0, 0.1) is 0 Å². The van der Waals surface area contributed by atoms with E-state index in [0.717, 1.165) is 5.56 Å². The third-order valence-corrected chi connectivity index (χ3v) is 5.47. The van der Waals surface area contributed by atoms with Crippen LogP contribution in [0.15, 0.2) is 41.7 Å². The van der Waals surface area contributed by atoms with Gasteiger partial charge in [-0.2, -0.15) is 0 Å². The number of benzene rings is 1. The second kappa shape index (κ2) is 8.33. The topological polar surface area (TPSA) is 160 Å². The summed E-state index contributed by atoms with van der Waals surface area (Å²) in [4.78, 5) is 30.8. The van der Waals surface area contributed by atoms with Gasteiger partial charge in [-0.15, -0.1) is 12.6 Å². The number of imidazole rings is 1. The standard InChI is InChI=1S/C17H19N4O7PS/c22-13-10(7-27-29(24,25)26)28-17(14(13)23)21-8-18-12-15(21)19-11(20-16(12)30)6-9-4-2-1-3-5-9/h1-5,8,10,13-14,17,22-23H,6-7H2,(H,19,20,30)(H2,24,25,26)/t10-,13-,14-,17-/m1/s1. The van der Waals surface area contributed by atoms with Crippen molar-refractivity contribution < 1.29 is 33.8 Å². The summed E-state index contributed by atoms with van der Waals surface area (Å²) >= 11 is 4.38. The molecule has 3 heterocycles. The molecule has 1 fully saturated rings. The molecule has 4 N–H and O–H groups in total. The van der Waals surface area contributed by atoms with Crippen LogP contribution in [-0.2, 0) is 20.2 Å². The van der Waals surface area contributed by atoms with E-state index in [2.05, 4.69) is 32.1 Å². The average Bonchev–Trinajstić information content (AvgIpc) is 3.22. The molecule has 0 spiro atoms. The first-order valence-corrected chi connectivity index (χ1v) is 10.9. The van der Waals surface area contributed by atoms with Crippen LogP contribution in [0.2, 0.25) is 0 Å². The molecule has 1 aromatic carbocycles. The largest absolute Gasteiger partial charge is 0.469 e. The summed E-state index contributed by atoms with van der Waals surface area (Å²) in [6.07, 6.45) is -3.26. The van der Waals surface area contributed by atoms with Crippen molar-refractivity contribution in [3.8, 4) is 0 Å². The van der Waals surface area contributed by atoms with E-state index in [9.17, 15) is 14.8 Å². The van der Waals surface area contributed by atoms with Crippen molar-refractivity contribution in [3.63, 3.8) is 0 Å². The van der Waals surface area contributed by atoms with Crippen molar-refractivity contribution in [1.29, 1.82) is 0 Å². The van der Waals surface area contributed by atoms with Crippen LogP contribution in [-0.4, -0.2) is 64.4 Å². The van der Waals surface area contributed by atoms with E-state index in [1.165, 1.54) is 10.9 Å². The first kappa shape index (κ1) is 21.3. The van der Waals surface area contributed by atoms with E-state index in [1.807, 2.05) is 30.3 Å². The SMILES string of the molecule is O=P(O)(O)OC[C@H]1O[C@@H](n2cnc3c(S)nc(Cc4ccccc4)nc32)[C@H](O)[C@@H]1O. The Kier molecular flexibility index (Phi) is 5.93. The van der Waals surface area contributed by atoms with Crippen molar-refractivity contribution in [1.82, 2.24) is 19.5 Å². The number of phosphoric ester groups is 1. The molecule has 160 valence electrons. The third kappa shape index (κ3) is 4.41. The van der Waals surface area contributed by atoms with Crippen molar-refractivity contribution in [2.75, 3.05) is 6.61 Å². The van der Waals surface area contributed by atoms with E-state index < -0.39 is 39.0 Å². The van der Waals surface area contributed by atoms with Crippen LogP contribution in [0.1, 0.15) is 17.6 Å². The fraction of sp³-hybridized carbons (Fsp3) is 0.353. The number of thiol groups is 1. The highest BCUT2D eigenvalue weighted by molar-refractivity contribution is 7.80. The van der Waals surface area contributed by atoms with Gasteiger partial charge in [0.25, 0.3) is 0 Å². The molecule has 0 amide bonds. The molecule has 0 aliphatic carbocycles. The van der Waals surface area contributed by atoms with Crippen LogP contribution in [0.25, 0.3) is 11.2 Å². The summed E-state index contributed by atoms with van der Waals surface area (Å²) in [6.45, 7) is -0.600. The maximum absolute atomic E-state index is 10.9. The number of aromatic nitrogens is 4. The molecule has 11 nitrogen and oxygen atoms in total. The molecule has 1 aliphatic heterocycles. The number of ether oxygens (including phenoxy) is 1. The minimum atomic E-state index is -4.75. The van der Waals surface area contributed by atoms with E-state index in [0.29, 0.717) is 28.4 Å². The van der Waals surface area contributed by atoms with Crippen molar-refractivity contribution >= 4 is 31.6 Å². The molecule has 0 unspecified atom stereocenters. The Balaban J connectivity index is 1.63. The summed E-state index contributed by atoms with van der Waals surface area (Å²) in [5.74, 6) is 0.481. The van der Waals surface area contributed by atoms with Crippen LogP contribution in [0.5, 0.6) is 0 Å². The summed E-state index contributed by atoms with van der Waals surface area (Å²) in [6, 6.07) is 9.60. The fourth-order valence-corrected chi connectivity index (χ4v) is 3.87. The number of hydrogen-bond donors (Lipinski definition) is 5. The van der Waals surface area contributed by atoms with Crippen LogP contribution >= 0.6 is 20.5 Å². The Labute approximate surface area is 176 Å². The van der Waals surface area contributed by atoms with Gasteiger partial charge in [0.2, 0.25) is 0 Å². The maximum Gasteiger partial charge on any atom is 0.469 e. The lowest BCUT2D eigenvalue weighted by Gasteiger charge is -2.17. The number of aliphatic hydroxyl groups is 2. The predicted octanol–water partition coefficient (Wildman–Crippen LogP) is 0.434. The molecular formula is C17H19N4O7PS. The highest BCUT2D eigenvalue weighted by atomic mass is 32.1. The molecule has 1 aliphatic rings. The number of phosphoric acid groups is 1. The molecule has 3 aromatic rings. The van der Waals surface area contributed by atoms with Gasteiger partial charge in [0.1, 0.15) is 34.7 Å². The van der Waals surface area contributed by atoms with Gasteiger partial charge < -0.3 is 24.7 Å². The van der Waals surface area contributed by atoms with Gasteiger partial charge in [-0.1, -0.05) is 30.3 Å². The summed E-state index contributed by atoms with van der Waals surface area (Å²) in [5, 5.41) is 21.0. The molecule has 0 bridgehead atoms. The summed E-state index contributed by atoms with van der Waals surface area (Å²) < 4.78 is 22.3. The highest BCUT2D eigenvalue weighted by Crippen LogP contribution is 2.39. The molecule has 1 saturated heterocycles. The number of aliphatic hydroxyl groups excluding tert-OH is 2. The Morgan fingerprint density at radius 3 is 2.60 bits per heavy atom. The second-order valence-corrected chi connectivity index (χ2v) is 8.45. The van der Waals surface area contributed by atoms with Crippen LogP contribution < -0.4 is 0 Å². The number of rotatable bonds is 6. The van der Waals surface area contributed by atoms with Crippen molar-refractivity contribution in [2.45, 2.75) is 36.0 Å². The average molecular weight is 454 g/mol. The van der Waals surface area contributed by atoms with E-state index >= 15 is 0 Å². The Morgan fingerprint density at radius 2 is 1.90 bits per heavy atom. The van der Waals surface area contributed by atoms with Crippen LogP contribution in [0.3, 0.4) is 0 Å². The first-order chi connectivity index (χ1) is 14.2. The number of hydrogen-bond acceptors (Lipinski definition) is 9. The minimum Gasteiger partial charge on any atom is -0.387 e. The molecule has 30 heavy (non-hydrogen) atoms. The zero-order valence-corrected chi connectivity index (χ0v) is 17.2. The third-order valence-electron chi connectivity index (χ3n) is 4.67. The lowest BCUT2D eigenvalue weighted by atomic mass is 10.1. The second-order valence-electron chi connectivity index (χ2n) is 6.78. The molecule has 0 radical (unpaired) electrons. The van der Waals surface area contributed by atoms with Gasteiger partial charge in [0.15, 0.2) is 11.9 Å². The van der Waals surface area contributed by atoms with Crippen molar-refractivity contribution in [2.24, 2.45) is 0 Å². The number of fused-ring (bicyclic) bond motifs is 1. The molecule has 2 aromatic heterocycles. The minimum absolute atomic E-state index is 0.341. The van der Waals surface area contributed by atoms with Gasteiger partial charge >= 0.3 is 7.82 Å². The predicted molar refractivity (Wildman–Crippen MR) is 106 cm³/mol. The quantitative estimate of drug-likeness (QED) is 0.201. The van der Waals surface area contributed by atoms with Gasteiger partial charge in [-0.25, -0.2) is 19.5 Å². The Bertz CT molecular complexity index is 1090. The zero-order chi connectivity index (χ0) is 21.5. The van der Waals surface area contributed by atoms with Gasteiger partial charge in [0.05, 0.1) is 12.9 Å². The lowest BCUT2D eigenvalue weighted by molar-refractivity contribution is -0.0504. The lowest BCUT2D eigenvalue weighted by Crippen LogP contribution is -2.33. The Morgan fingerprint density at radius 1 is 1.17 bits per heavy atom. The van der Waals surface area contributed by atoms with E-state index in [1.54, 1.807) is 0 Å². The Hall–Kier alpha value is -1.89. The zero-order valence-electron chi connectivity index (χ0n) is 15.4. The maximum atomic E-state index is 10.9. The van der Waals surface area contributed by atoms with Gasteiger partial charge in [-0.05, 0) is 5.56 Å². The highest BCUT2D eigenvalue weighted by Gasteiger charge is 2.45. The number of nitrogens with zero attached hydrogens (tertiary/aromatic N) is 4. The first-order valence-electron chi connectivity index (χ1n) is 8.91. The molecule has 4 atom stereocenters. The van der Waals surface area contributed by atoms with Crippen molar-refractivity contribution in [3.05, 3.63) is 48.0 Å². The van der Waals surface area contributed by atoms with Gasteiger partial charge in [0, 0.05) is 6.42 Å². The molecule has 0 saturated carbocycles. The monoisotopic (exact) mass is 454 g/mol. The molecule has 4 rings (SSSR count). The molecule has 13 heteroatoms. The van der Waals surface area contributed by atoms with E-state index in [4.69, 9.17) is 14.5 Å². The van der Waals surface area contributed by atoms with E-state index in [-0.39, 0.29) is 0 Å². The summed E-state index contributed by atoms with van der Waals surface area (Å²) in [5.41, 5.74) is 1.72. The fourth-order valence-electron chi connectivity index (χ4n) is 3.26. The van der Waals surface area contributed by atoms with Crippen LogP contribution in [0.4, 0.5) is 0 Å². The smallest absolute Gasteiger partial charge is 0.387 e. The normalized spacial score (nSPS) is 24.6.